The minimum atomic E-state index is -3.46. The smallest absolute Gasteiger partial charge is 0.293 e. The summed E-state index contributed by atoms with van der Waals surface area (Å²) in [5.41, 5.74) is -0.650. The van der Waals surface area contributed by atoms with Crippen molar-refractivity contribution >= 4 is 34.1 Å². The minimum Gasteiger partial charge on any atom is -0.378 e. The SMILES string of the molecule is Cn1nc(CC(=O)CNC2CC2)c2c(Cl)ccc(-c3ccc(C#CC(C)(C)O)nc3[C@@H](CC(=O)Cn3nc(C(F)F)c4c3C(F)(F)[C@@H]3C[C@H]43)Cc3cc(F)cc(F)c3)c21. The summed E-state index contributed by atoms with van der Waals surface area (Å²) in [7, 11) is 1.68. The molecule has 0 saturated heterocycles. The lowest BCUT2D eigenvalue weighted by Crippen LogP contribution is -2.26. The summed E-state index contributed by atoms with van der Waals surface area (Å²) >= 11 is 6.78. The Morgan fingerprint density at radius 3 is 2.42 bits per heavy atom. The molecule has 308 valence electrons. The Kier molecular flexibility index (Phi) is 10.5. The first kappa shape index (κ1) is 40.7. The lowest BCUT2D eigenvalue weighted by Gasteiger charge is -2.22. The van der Waals surface area contributed by atoms with Crippen molar-refractivity contribution < 1.29 is 41.0 Å². The zero-order chi connectivity index (χ0) is 42.1. The average Bonchev–Trinajstić information content (AvgIpc) is 4.06. The number of nitrogens with zero attached hydrogens (tertiary/aromatic N) is 5. The van der Waals surface area contributed by atoms with E-state index >= 15 is 8.78 Å². The largest absolute Gasteiger partial charge is 0.378 e. The van der Waals surface area contributed by atoms with Crippen LogP contribution in [0.4, 0.5) is 26.3 Å². The molecule has 3 atom stereocenters. The van der Waals surface area contributed by atoms with Crippen molar-refractivity contribution in [1.29, 1.82) is 0 Å². The number of carbonyl (C=O) groups is 2. The standard InChI is InChI=1S/C43H39ClF6N6O3/c1-42(2,59)11-10-26-6-7-29(30-8-9-33(44)36-34(53-55(3)39(30)36)17-27(57)19-51-25-4-5-25)37(52-26)22(12-21-13-23(45)16-24(46)14-21)15-28(58)20-56-40-35(38(54-56)41(47)48)31-18-32(31)43(40,49)50/h6-9,13-14,16,22,25,31-32,41,51,59H,4-5,12,15,17-20H2,1-3H3/t22-,31+,32-/m1/s1. The van der Waals surface area contributed by atoms with Gasteiger partial charge in [0.15, 0.2) is 11.6 Å². The van der Waals surface area contributed by atoms with Gasteiger partial charge in [-0.2, -0.15) is 19.0 Å². The molecule has 3 aliphatic carbocycles. The topological polar surface area (TPSA) is 115 Å². The number of nitrogens with one attached hydrogen (secondary N) is 1. The molecule has 0 radical (unpaired) electrons. The number of aryl methyl sites for hydroxylation is 1. The number of benzene rings is 2. The first-order chi connectivity index (χ1) is 27.9. The molecule has 16 heteroatoms. The summed E-state index contributed by atoms with van der Waals surface area (Å²) in [6.07, 6.45) is -1.70. The number of hydrogen-bond acceptors (Lipinski definition) is 7. The highest BCUT2D eigenvalue weighted by Crippen LogP contribution is 2.68. The molecule has 9 nitrogen and oxygen atoms in total. The Bertz CT molecular complexity index is 2560. The number of Topliss-reactive ketones (excluding diaryl/α,β-unsaturated/α-hetero) is 2. The van der Waals surface area contributed by atoms with E-state index in [0.29, 0.717) is 49.5 Å². The number of alkyl halides is 4. The maximum atomic E-state index is 15.5. The van der Waals surface area contributed by atoms with Gasteiger partial charge < -0.3 is 10.4 Å². The number of aliphatic hydroxyl groups is 1. The molecular formula is C43H39ClF6N6O3. The zero-order valence-corrected chi connectivity index (χ0v) is 33.0. The van der Waals surface area contributed by atoms with E-state index in [9.17, 15) is 32.3 Å². The summed E-state index contributed by atoms with van der Waals surface area (Å²) in [6.45, 7) is 2.35. The first-order valence-electron chi connectivity index (χ1n) is 19.3. The van der Waals surface area contributed by atoms with Crippen LogP contribution in [-0.2, 0) is 41.9 Å². The van der Waals surface area contributed by atoms with Gasteiger partial charge in [-0.1, -0.05) is 23.6 Å². The van der Waals surface area contributed by atoms with Gasteiger partial charge in [0.25, 0.3) is 12.3 Å². The number of aromatic nitrogens is 5. The monoisotopic (exact) mass is 836 g/mol. The fraction of sp³-hybridized carbons (Fsp3) is 0.419. The highest BCUT2D eigenvalue weighted by Gasteiger charge is 2.67. The molecule has 8 rings (SSSR count). The van der Waals surface area contributed by atoms with Crippen LogP contribution >= 0.6 is 11.6 Å². The fourth-order valence-corrected chi connectivity index (χ4v) is 8.52. The van der Waals surface area contributed by atoms with Gasteiger partial charge in [0.1, 0.15) is 40.9 Å². The van der Waals surface area contributed by atoms with Gasteiger partial charge in [0, 0.05) is 59.5 Å². The molecule has 3 aliphatic rings. The number of hydrogen-bond donors (Lipinski definition) is 2. The maximum absolute atomic E-state index is 15.5. The molecule has 0 spiro atoms. The van der Waals surface area contributed by atoms with E-state index in [-0.39, 0.29) is 54.1 Å². The van der Waals surface area contributed by atoms with Crippen LogP contribution in [-0.4, -0.2) is 59.4 Å². The quantitative estimate of drug-likeness (QED) is 0.0865. The fourth-order valence-electron chi connectivity index (χ4n) is 8.26. The third-order valence-electron chi connectivity index (χ3n) is 11.0. The van der Waals surface area contributed by atoms with Crippen LogP contribution in [0.1, 0.15) is 97.4 Å². The van der Waals surface area contributed by atoms with E-state index in [1.54, 1.807) is 36.0 Å². The van der Waals surface area contributed by atoms with Crippen molar-refractivity contribution in [1.82, 2.24) is 29.9 Å². The van der Waals surface area contributed by atoms with E-state index in [4.69, 9.17) is 16.6 Å². The molecular weight excluding hydrogens is 798 g/mol. The van der Waals surface area contributed by atoms with Gasteiger partial charge in [-0.05, 0) is 87.3 Å². The first-order valence-corrected chi connectivity index (χ1v) is 19.7. The number of ketones is 2. The van der Waals surface area contributed by atoms with Crippen molar-refractivity contribution in [3.05, 3.63) is 98.7 Å². The van der Waals surface area contributed by atoms with Crippen molar-refractivity contribution in [3.8, 4) is 23.0 Å². The van der Waals surface area contributed by atoms with E-state index in [0.717, 1.165) is 25.0 Å². The van der Waals surface area contributed by atoms with Crippen LogP contribution in [0.2, 0.25) is 5.02 Å². The molecule has 3 aromatic heterocycles. The molecule has 0 aliphatic heterocycles. The van der Waals surface area contributed by atoms with Gasteiger partial charge in [0.2, 0.25) is 0 Å². The number of fused-ring (bicyclic) bond motifs is 4. The number of pyridine rings is 1. The van der Waals surface area contributed by atoms with Gasteiger partial charge in [-0.25, -0.2) is 22.5 Å². The highest BCUT2D eigenvalue weighted by molar-refractivity contribution is 6.36. The van der Waals surface area contributed by atoms with Gasteiger partial charge in [-0.3, -0.25) is 19.0 Å². The van der Waals surface area contributed by atoms with Gasteiger partial charge in [-0.15, -0.1) is 0 Å². The second kappa shape index (κ2) is 15.2. The molecule has 0 unspecified atom stereocenters. The lowest BCUT2D eigenvalue weighted by molar-refractivity contribution is -0.120. The molecule has 5 aromatic rings. The van der Waals surface area contributed by atoms with Gasteiger partial charge >= 0.3 is 0 Å². The summed E-state index contributed by atoms with van der Waals surface area (Å²) in [5.74, 6) is -3.35. The van der Waals surface area contributed by atoms with E-state index in [1.807, 2.05) is 0 Å². The van der Waals surface area contributed by atoms with E-state index < -0.39 is 77.5 Å². The predicted molar refractivity (Wildman–Crippen MR) is 206 cm³/mol. The van der Waals surface area contributed by atoms with Crippen LogP contribution in [0.15, 0.2) is 42.5 Å². The third kappa shape index (κ3) is 8.27. The molecule has 2 N–H and O–H groups in total. The number of carbonyl (C=O) groups excluding carboxylic acids is 2. The third-order valence-corrected chi connectivity index (χ3v) is 11.3. The van der Waals surface area contributed by atoms with Crippen molar-refractivity contribution in [2.45, 2.75) is 94.7 Å². The molecule has 2 fully saturated rings. The molecule has 2 saturated carbocycles. The van der Waals surface area contributed by atoms with E-state index in [2.05, 4.69) is 27.4 Å². The Hall–Kier alpha value is -5.04. The van der Waals surface area contributed by atoms with Crippen LogP contribution in [0.25, 0.3) is 22.0 Å². The average molecular weight is 837 g/mol. The Morgan fingerprint density at radius 2 is 1.75 bits per heavy atom. The molecule has 59 heavy (non-hydrogen) atoms. The van der Waals surface area contributed by atoms with Crippen LogP contribution in [0, 0.1) is 29.4 Å². The second-order valence-electron chi connectivity index (χ2n) is 16.3. The minimum absolute atomic E-state index is 0.00990. The van der Waals surface area contributed by atoms with Crippen molar-refractivity contribution in [3.63, 3.8) is 0 Å². The maximum Gasteiger partial charge on any atom is 0.293 e. The summed E-state index contributed by atoms with van der Waals surface area (Å²) in [5, 5.41) is 22.9. The Balaban J connectivity index is 1.24. The Morgan fingerprint density at radius 1 is 1.03 bits per heavy atom. The zero-order valence-electron chi connectivity index (χ0n) is 32.2. The van der Waals surface area contributed by atoms with Crippen molar-refractivity contribution in [2.75, 3.05) is 6.54 Å². The second-order valence-corrected chi connectivity index (χ2v) is 16.7. The molecule has 3 heterocycles. The Labute approximate surface area is 340 Å². The summed E-state index contributed by atoms with van der Waals surface area (Å²) in [4.78, 5) is 32.0. The summed E-state index contributed by atoms with van der Waals surface area (Å²) in [6, 6.07) is 9.84. The normalized spacial score (nSPS) is 18.4. The highest BCUT2D eigenvalue weighted by atomic mass is 35.5. The van der Waals surface area contributed by atoms with Crippen LogP contribution < -0.4 is 5.32 Å². The van der Waals surface area contributed by atoms with Crippen LogP contribution in [0.5, 0.6) is 0 Å². The molecule has 0 amide bonds. The van der Waals surface area contributed by atoms with E-state index in [1.165, 1.54) is 13.8 Å². The number of halogens is 7. The lowest BCUT2D eigenvalue weighted by atomic mass is 9.86. The van der Waals surface area contributed by atoms with Crippen LogP contribution in [0.3, 0.4) is 0 Å². The van der Waals surface area contributed by atoms with Gasteiger partial charge in [0.05, 0.1) is 34.9 Å². The summed E-state index contributed by atoms with van der Waals surface area (Å²) < 4.78 is 90.6. The molecule has 2 aromatic carbocycles. The molecule has 0 bridgehead atoms. The van der Waals surface area contributed by atoms with Crippen molar-refractivity contribution in [2.24, 2.45) is 13.0 Å². The number of rotatable bonds is 14. The predicted octanol–water partition coefficient (Wildman–Crippen LogP) is 7.88.